The van der Waals surface area contributed by atoms with Gasteiger partial charge in [-0.2, -0.15) is 4.98 Å². The molecule has 2 aliphatic rings. The molecular weight excluding hydrogens is 375 g/mol. The number of hydrogen-bond donors (Lipinski definition) is 0. The zero-order valence-corrected chi connectivity index (χ0v) is 16.6. The number of carbonyl (C=O) groups excluding carboxylic acids is 2. The number of benzene rings is 1. The highest BCUT2D eigenvalue weighted by molar-refractivity contribution is 5.80. The molecule has 1 aromatic heterocycles. The van der Waals surface area contributed by atoms with E-state index in [0.717, 1.165) is 19.3 Å². The van der Waals surface area contributed by atoms with Crippen LogP contribution in [0.2, 0.25) is 0 Å². The van der Waals surface area contributed by atoms with Crippen LogP contribution in [0.3, 0.4) is 0 Å². The van der Waals surface area contributed by atoms with E-state index >= 15 is 0 Å². The van der Waals surface area contributed by atoms with Crippen molar-refractivity contribution in [1.82, 2.24) is 19.9 Å². The lowest BCUT2D eigenvalue weighted by molar-refractivity contribution is -0.144. The Balaban J connectivity index is 1.26. The minimum atomic E-state index is -0.320. The molecule has 0 unspecified atom stereocenters. The van der Waals surface area contributed by atoms with Crippen LogP contribution >= 0.6 is 0 Å². The number of amides is 2. The van der Waals surface area contributed by atoms with Crippen molar-refractivity contribution in [3.05, 3.63) is 35.5 Å². The molecule has 2 fully saturated rings. The summed E-state index contributed by atoms with van der Waals surface area (Å²) < 4.78 is 18.9. The Morgan fingerprint density at radius 3 is 2.55 bits per heavy atom. The van der Waals surface area contributed by atoms with Gasteiger partial charge in [-0.05, 0) is 31.4 Å². The lowest BCUT2D eigenvalue weighted by Crippen LogP contribution is -2.52. The lowest BCUT2D eigenvalue weighted by Gasteiger charge is -2.38. The second kappa shape index (κ2) is 8.31. The van der Waals surface area contributed by atoms with Crippen molar-refractivity contribution in [3.8, 4) is 11.4 Å². The number of aryl methyl sites for hydroxylation is 2. The molecule has 2 heterocycles. The number of carbonyl (C=O) groups is 2. The number of aromatic nitrogens is 2. The summed E-state index contributed by atoms with van der Waals surface area (Å²) in [7, 11) is 0. The summed E-state index contributed by atoms with van der Waals surface area (Å²) in [6.45, 7) is 4.02. The van der Waals surface area contributed by atoms with Crippen LogP contribution < -0.4 is 0 Å². The maximum absolute atomic E-state index is 13.7. The quantitative estimate of drug-likeness (QED) is 0.771. The SMILES string of the molecule is Cc1ccc(-c2noc(CCC(=O)N3CCN(C(=O)C4CCC4)CC3)n2)cc1F. The van der Waals surface area contributed by atoms with Crippen LogP contribution in [0.15, 0.2) is 22.7 Å². The molecule has 2 amide bonds. The maximum Gasteiger partial charge on any atom is 0.227 e. The van der Waals surface area contributed by atoms with Gasteiger partial charge in [-0.15, -0.1) is 0 Å². The number of piperazine rings is 1. The van der Waals surface area contributed by atoms with Gasteiger partial charge in [0.15, 0.2) is 0 Å². The van der Waals surface area contributed by atoms with E-state index < -0.39 is 0 Å². The molecule has 0 spiro atoms. The minimum Gasteiger partial charge on any atom is -0.339 e. The number of hydrogen-bond acceptors (Lipinski definition) is 5. The molecule has 1 saturated heterocycles. The van der Waals surface area contributed by atoms with Gasteiger partial charge in [0, 0.05) is 50.5 Å². The molecule has 4 rings (SSSR count). The molecule has 0 atom stereocenters. The lowest BCUT2D eigenvalue weighted by atomic mass is 9.84. The van der Waals surface area contributed by atoms with E-state index in [-0.39, 0.29) is 30.0 Å². The van der Waals surface area contributed by atoms with Crippen LogP contribution in [-0.4, -0.2) is 57.9 Å². The Bertz CT molecular complexity index is 901. The fraction of sp³-hybridized carbons (Fsp3) is 0.524. The van der Waals surface area contributed by atoms with Gasteiger partial charge in [-0.3, -0.25) is 9.59 Å². The predicted octanol–water partition coefficient (Wildman–Crippen LogP) is 2.59. The molecule has 1 aliphatic heterocycles. The van der Waals surface area contributed by atoms with Crippen LogP contribution in [0.5, 0.6) is 0 Å². The molecule has 8 heteroatoms. The fourth-order valence-corrected chi connectivity index (χ4v) is 3.67. The monoisotopic (exact) mass is 400 g/mol. The van der Waals surface area contributed by atoms with Crippen molar-refractivity contribution in [3.63, 3.8) is 0 Å². The maximum atomic E-state index is 13.7. The highest BCUT2D eigenvalue weighted by Gasteiger charge is 2.32. The van der Waals surface area contributed by atoms with Gasteiger partial charge < -0.3 is 14.3 Å². The van der Waals surface area contributed by atoms with Crippen LogP contribution in [0.4, 0.5) is 4.39 Å². The third-order valence-electron chi connectivity index (χ3n) is 5.85. The van der Waals surface area contributed by atoms with Crippen molar-refractivity contribution in [2.45, 2.75) is 39.0 Å². The van der Waals surface area contributed by atoms with E-state index in [1.807, 2.05) is 4.90 Å². The summed E-state index contributed by atoms with van der Waals surface area (Å²) >= 11 is 0. The van der Waals surface area contributed by atoms with E-state index in [0.29, 0.717) is 55.4 Å². The van der Waals surface area contributed by atoms with E-state index in [9.17, 15) is 14.0 Å². The third kappa shape index (κ3) is 4.31. The molecule has 1 aromatic carbocycles. The summed E-state index contributed by atoms with van der Waals surface area (Å²) in [5.41, 5.74) is 1.10. The van der Waals surface area contributed by atoms with Crippen LogP contribution in [0.1, 0.15) is 37.1 Å². The summed E-state index contributed by atoms with van der Waals surface area (Å²) in [6, 6.07) is 4.78. The molecule has 0 bridgehead atoms. The molecular formula is C21H25FN4O3. The van der Waals surface area contributed by atoms with Gasteiger partial charge in [0.25, 0.3) is 0 Å². The largest absolute Gasteiger partial charge is 0.339 e. The molecule has 7 nitrogen and oxygen atoms in total. The number of rotatable bonds is 5. The van der Waals surface area contributed by atoms with E-state index in [2.05, 4.69) is 10.1 Å². The van der Waals surface area contributed by atoms with Crippen molar-refractivity contribution >= 4 is 11.8 Å². The molecule has 29 heavy (non-hydrogen) atoms. The Kier molecular flexibility index (Phi) is 5.60. The van der Waals surface area contributed by atoms with Gasteiger partial charge in [0.1, 0.15) is 5.82 Å². The molecule has 1 aliphatic carbocycles. The van der Waals surface area contributed by atoms with E-state index in [1.165, 1.54) is 6.07 Å². The molecule has 154 valence electrons. The second-order valence-corrected chi connectivity index (χ2v) is 7.81. The van der Waals surface area contributed by atoms with Crippen LogP contribution in [0.25, 0.3) is 11.4 Å². The Hall–Kier alpha value is -2.77. The standard InChI is InChI=1S/C21H25FN4O3/c1-14-5-6-16(13-17(14)22)20-23-18(29-24-20)7-8-19(27)25-9-11-26(12-10-25)21(28)15-3-2-4-15/h5-6,13,15H,2-4,7-12H2,1H3. The topological polar surface area (TPSA) is 79.5 Å². The van der Waals surface area contributed by atoms with E-state index in [4.69, 9.17) is 4.52 Å². The first-order valence-electron chi connectivity index (χ1n) is 10.2. The summed E-state index contributed by atoms with van der Waals surface area (Å²) in [6.07, 6.45) is 3.74. The van der Waals surface area contributed by atoms with Gasteiger partial charge in [-0.1, -0.05) is 23.7 Å². The zero-order valence-electron chi connectivity index (χ0n) is 16.6. The summed E-state index contributed by atoms with van der Waals surface area (Å²) in [5.74, 6) is 0.809. The van der Waals surface area contributed by atoms with Gasteiger partial charge in [-0.25, -0.2) is 4.39 Å². The predicted molar refractivity (Wildman–Crippen MR) is 103 cm³/mol. The zero-order chi connectivity index (χ0) is 20.4. The average molecular weight is 400 g/mol. The van der Waals surface area contributed by atoms with E-state index in [1.54, 1.807) is 24.0 Å². The molecule has 1 saturated carbocycles. The smallest absolute Gasteiger partial charge is 0.227 e. The Labute approximate surface area is 168 Å². The number of halogens is 1. The Morgan fingerprint density at radius 1 is 1.17 bits per heavy atom. The summed E-state index contributed by atoms with van der Waals surface area (Å²) in [4.78, 5) is 32.7. The second-order valence-electron chi connectivity index (χ2n) is 7.81. The first-order valence-corrected chi connectivity index (χ1v) is 10.2. The first kappa shape index (κ1) is 19.5. The molecule has 2 aromatic rings. The summed E-state index contributed by atoms with van der Waals surface area (Å²) in [5, 5.41) is 3.89. The third-order valence-corrected chi connectivity index (χ3v) is 5.85. The molecule has 0 radical (unpaired) electrons. The van der Waals surface area contributed by atoms with Gasteiger partial charge >= 0.3 is 0 Å². The van der Waals surface area contributed by atoms with Crippen molar-refractivity contribution in [1.29, 1.82) is 0 Å². The van der Waals surface area contributed by atoms with Crippen LogP contribution in [0, 0.1) is 18.7 Å². The van der Waals surface area contributed by atoms with Crippen LogP contribution in [-0.2, 0) is 16.0 Å². The van der Waals surface area contributed by atoms with Gasteiger partial charge in [0.05, 0.1) is 0 Å². The molecule has 0 N–H and O–H groups in total. The normalized spacial score (nSPS) is 17.3. The highest BCUT2D eigenvalue weighted by atomic mass is 19.1. The van der Waals surface area contributed by atoms with Crippen molar-refractivity contribution in [2.24, 2.45) is 5.92 Å². The minimum absolute atomic E-state index is 0.0156. The fourth-order valence-electron chi connectivity index (χ4n) is 3.67. The highest BCUT2D eigenvalue weighted by Crippen LogP contribution is 2.28. The van der Waals surface area contributed by atoms with Crippen molar-refractivity contribution < 1.29 is 18.5 Å². The van der Waals surface area contributed by atoms with Gasteiger partial charge in [0.2, 0.25) is 23.5 Å². The Morgan fingerprint density at radius 2 is 1.90 bits per heavy atom. The average Bonchev–Trinajstić information content (AvgIpc) is 3.16. The first-order chi connectivity index (χ1) is 14.0. The number of nitrogens with zero attached hydrogens (tertiary/aromatic N) is 4. The van der Waals surface area contributed by atoms with Crippen molar-refractivity contribution in [2.75, 3.05) is 26.2 Å².